The first-order chi connectivity index (χ1) is 8.28. The number of nitrogens with one attached hydrogen (secondary N) is 2. The van der Waals surface area contributed by atoms with Gasteiger partial charge in [-0.05, 0) is 44.0 Å². The molecule has 90 valence electrons. The lowest BCUT2D eigenvalue weighted by molar-refractivity contribution is 0.574. The lowest BCUT2D eigenvalue weighted by Gasteiger charge is -2.12. The first kappa shape index (κ1) is 12.4. The summed E-state index contributed by atoms with van der Waals surface area (Å²) in [4.78, 5) is 0. The first-order valence-electron chi connectivity index (χ1n) is 5.96. The summed E-state index contributed by atoms with van der Waals surface area (Å²) in [5, 5.41) is 15.7. The molecule has 1 fully saturated rings. The summed E-state index contributed by atoms with van der Waals surface area (Å²) in [6.07, 6.45) is 3.71. The average molecular weight is 294 g/mol. The zero-order valence-electron chi connectivity index (χ0n) is 9.67. The van der Waals surface area contributed by atoms with E-state index in [-0.39, 0.29) is 0 Å². The molecule has 0 aliphatic carbocycles. The van der Waals surface area contributed by atoms with Crippen LogP contribution in [0.5, 0.6) is 0 Å². The highest BCUT2D eigenvalue weighted by Gasteiger charge is 2.12. The van der Waals surface area contributed by atoms with Crippen molar-refractivity contribution in [3.8, 4) is 6.07 Å². The Morgan fingerprint density at radius 1 is 1.47 bits per heavy atom. The molecule has 0 bridgehead atoms. The summed E-state index contributed by atoms with van der Waals surface area (Å²) in [7, 11) is 0. The Morgan fingerprint density at radius 2 is 2.35 bits per heavy atom. The Kier molecular flexibility index (Phi) is 4.41. The van der Waals surface area contributed by atoms with Crippen molar-refractivity contribution in [3.05, 3.63) is 28.2 Å². The number of nitrogens with zero attached hydrogens (tertiary/aromatic N) is 1. The topological polar surface area (TPSA) is 47.9 Å². The number of hydrogen-bond donors (Lipinski definition) is 2. The van der Waals surface area contributed by atoms with Crippen molar-refractivity contribution in [1.29, 1.82) is 5.26 Å². The van der Waals surface area contributed by atoms with E-state index in [1.54, 1.807) is 0 Å². The van der Waals surface area contributed by atoms with Crippen LogP contribution in [0.4, 0.5) is 5.69 Å². The Labute approximate surface area is 110 Å². The standard InChI is InChI=1S/C13H16BrN3/c14-11-6-10(9-15)7-13(8-11)17-5-3-12-2-1-4-16-12/h6-8,12,16-17H,1-5H2/t12-/m1/s1. The van der Waals surface area contributed by atoms with Crippen molar-refractivity contribution in [2.45, 2.75) is 25.3 Å². The third kappa shape index (κ3) is 3.72. The molecule has 1 aromatic rings. The fourth-order valence-electron chi connectivity index (χ4n) is 2.15. The minimum Gasteiger partial charge on any atom is -0.385 e. The summed E-state index contributed by atoms with van der Waals surface area (Å²) >= 11 is 3.41. The Bertz CT molecular complexity index is 419. The van der Waals surface area contributed by atoms with Crippen LogP contribution in [0, 0.1) is 11.3 Å². The quantitative estimate of drug-likeness (QED) is 0.897. The van der Waals surface area contributed by atoms with E-state index in [1.807, 2.05) is 18.2 Å². The third-order valence-electron chi connectivity index (χ3n) is 3.01. The molecule has 0 spiro atoms. The van der Waals surface area contributed by atoms with Gasteiger partial charge in [-0.2, -0.15) is 5.26 Å². The van der Waals surface area contributed by atoms with Crippen molar-refractivity contribution < 1.29 is 0 Å². The van der Waals surface area contributed by atoms with Gasteiger partial charge < -0.3 is 10.6 Å². The normalized spacial score (nSPS) is 18.9. The highest BCUT2D eigenvalue weighted by Crippen LogP contribution is 2.19. The van der Waals surface area contributed by atoms with E-state index < -0.39 is 0 Å². The third-order valence-corrected chi connectivity index (χ3v) is 3.47. The largest absolute Gasteiger partial charge is 0.385 e. The molecule has 1 aromatic carbocycles. The SMILES string of the molecule is N#Cc1cc(Br)cc(NCC[C@H]2CCCN2)c1. The zero-order valence-corrected chi connectivity index (χ0v) is 11.3. The van der Waals surface area contributed by atoms with Gasteiger partial charge in [0.15, 0.2) is 0 Å². The molecule has 1 atom stereocenters. The molecule has 0 amide bonds. The lowest BCUT2D eigenvalue weighted by Crippen LogP contribution is -2.24. The Hall–Kier alpha value is -1.05. The second-order valence-electron chi connectivity index (χ2n) is 4.35. The molecule has 1 heterocycles. The number of halogens is 1. The second kappa shape index (κ2) is 6.04. The summed E-state index contributed by atoms with van der Waals surface area (Å²) in [6, 6.07) is 8.52. The molecule has 2 rings (SSSR count). The number of hydrogen-bond acceptors (Lipinski definition) is 3. The molecule has 3 nitrogen and oxygen atoms in total. The van der Waals surface area contributed by atoms with Gasteiger partial charge in [0.1, 0.15) is 0 Å². The predicted molar refractivity (Wildman–Crippen MR) is 73.0 cm³/mol. The van der Waals surface area contributed by atoms with Crippen LogP contribution in [0.3, 0.4) is 0 Å². The van der Waals surface area contributed by atoms with Crippen molar-refractivity contribution in [3.63, 3.8) is 0 Å². The first-order valence-corrected chi connectivity index (χ1v) is 6.75. The summed E-state index contributed by atoms with van der Waals surface area (Å²) in [6.45, 7) is 2.10. The molecule has 0 radical (unpaired) electrons. The zero-order chi connectivity index (χ0) is 12.1. The fourth-order valence-corrected chi connectivity index (χ4v) is 2.64. The van der Waals surface area contributed by atoms with E-state index in [4.69, 9.17) is 5.26 Å². The highest BCUT2D eigenvalue weighted by atomic mass is 79.9. The van der Waals surface area contributed by atoms with Crippen molar-refractivity contribution in [2.75, 3.05) is 18.4 Å². The number of nitriles is 1. The van der Waals surface area contributed by atoms with Crippen LogP contribution in [0.1, 0.15) is 24.8 Å². The van der Waals surface area contributed by atoms with Crippen molar-refractivity contribution in [2.24, 2.45) is 0 Å². The van der Waals surface area contributed by atoms with Gasteiger partial charge in [-0.3, -0.25) is 0 Å². The minimum absolute atomic E-state index is 0.657. The van der Waals surface area contributed by atoms with E-state index in [0.717, 1.165) is 29.7 Å². The highest BCUT2D eigenvalue weighted by molar-refractivity contribution is 9.10. The van der Waals surface area contributed by atoms with Gasteiger partial charge in [-0.15, -0.1) is 0 Å². The molecule has 0 unspecified atom stereocenters. The van der Waals surface area contributed by atoms with Gasteiger partial charge in [-0.25, -0.2) is 0 Å². The van der Waals surface area contributed by atoms with Crippen molar-refractivity contribution >= 4 is 21.6 Å². The molecule has 1 aliphatic heterocycles. The van der Waals surface area contributed by atoms with Gasteiger partial charge in [0.2, 0.25) is 0 Å². The summed E-state index contributed by atoms with van der Waals surface area (Å²) in [5.41, 5.74) is 1.69. The van der Waals surface area contributed by atoms with Crippen LogP contribution in [0.15, 0.2) is 22.7 Å². The molecular weight excluding hydrogens is 278 g/mol. The molecular formula is C13H16BrN3. The van der Waals surface area contributed by atoms with Gasteiger partial charge >= 0.3 is 0 Å². The van der Waals surface area contributed by atoms with E-state index >= 15 is 0 Å². The minimum atomic E-state index is 0.657. The molecule has 17 heavy (non-hydrogen) atoms. The summed E-state index contributed by atoms with van der Waals surface area (Å²) in [5.74, 6) is 0. The maximum absolute atomic E-state index is 8.88. The van der Waals surface area contributed by atoms with Gasteiger partial charge in [0.05, 0.1) is 11.6 Å². The van der Waals surface area contributed by atoms with Crippen LogP contribution >= 0.6 is 15.9 Å². The fraction of sp³-hybridized carbons (Fsp3) is 0.462. The smallest absolute Gasteiger partial charge is 0.0992 e. The molecule has 0 aromatic heterocycles. The number of benzene rings is 1. The van der Waals surface area contributed by atoms with Crippen LogP contribution in [0.25, 0.3) is 0 Å². The molecule has 1 aliphatic rings. The van der Waals surface area contributed by atoms with Crippen LogP contribution in [0.2, 0.25) is 0 Å². The van der Waals surface area contributed by atoms with Gasteiger partial charge in [0.25, 0.3) is 0 Å². The van der Waals surface area contributed by atoms with Crippen LogP contribution in [-0.4, -0.2) is 19.1 Å². The van der Waals surface area contributed by atoms with E-state index in [2.05, 4.69) is 32.6 Å². The second-order valence-corrected chi connectivity index (χ2v) is 5.26. The Balaban J connectivity index is 1.85. The van der Waals surface area contributed by atoms with Crippen LogP contribution in [-0.2, 0) is 0 Å². The molecule has 1 saturated heterocycles. The molecule has 2 N–H and O–H groups in total. The summed E-state index contributed by atoms with van der Waals surface area (Å²) < 4.78 is 0.943. The Morgan fingerprint density at radius 3 is 3.06 bits per heavy atom. The van der Waals surface area contributed by atoms with Gasteiger partial charge in [0, 0.05) is 22.7 Å². The number of rotatable bonds is 4. The number of anilines is 1. The van der Waals surface area contributed by atoms with Crippen molar-refractivity contribution in [1.82, 2.24) is 5.32 Å². The maximum Gasteiger partial charge on any atom is 0.0992 e. The average Bonchev–Trinajstić information content (AvgIpc) is 2.81. The molecule has 4 heteroatoms. The van der Waals surface area contributed by atoms with Crippen LogP contribution < -0.4 is 10.6 Å². The van der Waals surface area contributed by atoms with E-state index in [9.17, 15) is 0 Å². The predicted octanol–water partition coefficient (Wildman–Crippen LogP) is 2.87. The monoisotopic (exact) mass is 293 g/mol. The van der Waals surface area contributed by atoms with E-state index in [1.165, 1.54) is 12.8 Å². The maximum atomic E-state index is 8.88. The van der Waals surface area contributed by atoms with Gasteiger partial charge in [-0.1, -0.05) is 15.9 Å². The van der Waals surface area contributed by atoms with E-state index in [0.29, 0.717) is 11.6 Å². The molecule has 0 saturated carbocycles. The lowest BCUT2D eigenvalue weighted by atomic mass is 10.1.